The molecule has 3 heterocycles. The number of carbonyl (C=O) groups excluding carboxylic acids is 1. The van der Waals surface area contributed by atoms with Gasteiger partial charge in [0, 0.05) is 31.7 Å². The zero-order valence-electron chi connectivity index (χ0n) is 19.0. The predicted octanol–water partition coefficient (Wildman–Crippen LogP) is 4.34. The van der Waals surface area contributed by atoms with Crippen molar-refractivity contribution in [3.63, 3.8) is 0 Å². The summed E-state index contributed by atoms with van der Waals surface area (Å²) in [4.78, 5) is 30.9. The molecule has 2 aliphatic heterocycles. The molecular formula is C24H30N4O2S2. The van der Waals surface area contributed by atoms with Crippen molar-refractivity contribution in [3.05, 3.63) is 31.9 Å². The number of piperidine rings is 1. The fraction of sp³-hybridized carbons (Fsp3) is 0.583. The van der Waals surface area contributed by atoms with Crippen LogP contribution in [-0.4, -0.2) is 38.8 Å². The van der Waals surface area contributed by atoms with Gasteiger partial charge in [-0.3, -0.25) is 19.1 Å². The average molecular weight is 471 g/mol. The van der Waals surface area contributed by atoms with Crippen molar-refractivity contribution < 1.29 is 4.79 Å². The van der Waals surface area contributed by atoms with Gasteiger partial charge < -0.3 is 4.90 Å². The van der Waals surface area contributed by atoms with E-state index in [4.69, 9.17) is 12.2 Å². The summed E-state index contributed by atoms with van der Waals surface area (Å²) >= 11 is 6.94. The van der Waals surface area contributed by atoms with Gasteiger partial charge in [0.1, 0.15) is 21.8 Å². The van der Waals surface area contributed by atoms with Crippen molar-refractivity contribution in [1.29, 1.82) is 5.26 Å². The van der Waals surface area contributed by atoms with Gasteiger partial charge in [-0.25, -0.2) is 0 Å². The van der Waals surface area contributed by atoms with Crippen LogP contribution in [0.5, 0.6) is 0 Å². The molecule has 1 aromatic rings. The van der Waals surface area contributed by atoms with Gasteiger partial charge in [0.15, 0.2) is 0 Å². The predicted molar refractivity (Wildman–Crippen MR) is 134 cm³/mol. The molecular weight excluding hydrogens is 440 g/mol. The standard InChI is InChI=1S/C24H30N4O2S2/c1-15-9-11-27(12-10-15)21-18(16(2)19(14-25)22(29)26(21)3)13-20-23(30)28(24(31)32-20)17-7-5-4-6-8-17/h13,15,17H,4-12H2,1-3H3. The number of aromatic nitrogens is 1. The van der Waals surface area contributed by atoms with Crippen molar-refractivity contribution in [2.45, 2.75) is 64.8 Å². The van der Waals surface area contributed by atoms with Crippen molar-refractivity contribution >= 4 is 46.1 Å². The molecule has 0 bridgehead atoms. The van der Waals surface area contributed by atoms with Gasteiger partial charge in [-0.05, 0) is 50.2 Å². The number of thioether (sulfide) groups is 1. The van der Waals surface area contributed by atoms with Crippen LogP contribution in [0.2, 0.25) is 0 Å². The maximum absolute atomic E-state index is 13.4. The maximum atomic E-state index is 13.4. The highest BCUT2D eigenvalue weighted by Crippen LogP contribution is 2.39. The first kappa shape index (κ1) is 23.1. The molecule has 4 rings (SSSR count). The molecule has 1 saturated carbocycles. The molecule has 2 saturated heterocycles. The zero-order chi connectivity index (χ0) is 23.0. The molecule has 32 heavy (non-hydrogen) atoms. The topological polar surface area (TPSA) is 69.3 Å². The molecule has 0 unspecified atom stereocenters. The van der Waals surface area contributed by atoms with Gasteiger partial charge in [-0.1, -0.05) is 50.2 Å². The summed E-state index contributed by atoms with van der Waals surface area (Å²) in [5.41, 5.74) is 1.26. The van der Waals surface area contributed by atoms with Gasteiger partial charge in [-0.15, -0.1) is 0 Å². The lowest BCUT2D eigenvalue weighted by Gasteiger charge is -2.34. The molecule has 0 spiro atoms. The Bertz CT molecular complexity index is 1070. The van der Waals surface area contributed by atoms with Crippen LogP contribution >= 0.6 is 24.0 Å². The third-order valence-corrected chi connectivity index (χ3v) is 8.42. The number of carbonyl (C=O) groups is 1. The highest BCUT2D eigenvalue weighted by molar-refractivity contribution is 8.26. The quantitative estimate of drug-likeness (QED) is 0.484. The van der Waals surface area contributed by atoms with E-state index < -0.39 is 0 Å². The largest absolute Gasteiger partial charge is 0.357 e. The number of pyridine rings is 1. The number of thiocarbonyl (C=S) groups is 1. The second-order valence-corrected chi connectivity index (χ2v) is 10.9. The van der Waals surface area contributed by atoms with E-state index in [1.54, 1.807) is 16.5 Å². The Kier molecular flexibility index (Phi) is 6.78. The zero-order valence-corrected chi connectivity index (χ0v) is 20.7. The van der Waals surface area contributed by atoms with Gasteiger partial charge in [-0.2, -0.15) is 5.26 Å². The molecule has 1 aliphatic carbocycles. The third-order valence-electron chi connectivity index (χ3n) is 7.09. The maximum Gasteiger partial charge on any atom is 0.270 e. The minimum atomic E-state index is -0.287. The summed E-state index contributed by atoms with van der Waals surface area (Å²) in [6.45, 7) is 5.76. The van der Waals surface area contributed by atoms with Crippen LogP contribution < -0.4 is 10.5 Å². The van der Waals surface area contributed by atoms with Crippen LogP contribution in [0.3, 0.4) is 0 Å². The first-order chi connectivity index (χ1) is 15.3. The molecule has 6 nitrogen and oxygen atoms in total. The number of hydrogen-bond donors (Lipinski definition) is 0. The SMILES string of the molecule is Cc1c(C=C2SC(=S)N(C3CCCCC3)C2=O)c(N2CCC(C)CC2)n(C)c(=O)c1C#N. The summed E-state index contributed by atoms with van der Waals surface area (Å²) < 4.78 is 2.19. The average Bonchev–Trinajstić information content (AvgIpc) is 3.07. The highest BCUT2D eigenvalue weighted by Gasteiger charge is 2.38. The summed E-state index contributed by atoms with van der Waals surface area (Å²) in [5.74, 6) is 1.40. The summed E-state index contributed by atoms with van der Waals surface area (Å²) in [6.07, 6.45) is 9.43. The lowest BCUT2D eigenvalue weighted by molar-refractivity contribution is -0.124. The van der Waals surface area contributed by atoms with Crippen molar-refractivity contribution in [2.24, 2.45) is 13.0 Å². The van der Waals surface area contributed by atoms with E-state index in [0.717, 1.165) is 63.0 Å². The first-order valence-corrected chi connectivity index (χ1v) is 12.7. The second kappa shape index (κ2) is 9.40. The number of amides is 1. The Balaban J connectivity index is 1.79. The summed E-state index contributed by atoms with van der Waals surface area (Å²) in [7, 11) is 1.72. The molecule has 0 N–H and O–H groups in total. The van der Waals surface area contributed by atoms with E-state index in [1.807, 2.05) is 13.0 Å². The molecule has 1 amide bonds. The Morgan fingerprint density at radius 2 is 1.78 bits per heavy atom. The molecule has 0 atom stereocenters. The number of anilines is 1. The molecule has 170 valence electrons. The van der Waals surface area contributed by atoms with Crippen molar-refractivity contribution in [3.8, 4) is 6.07 Å². The fourth-order valence-corrected chi connectivity index (χ4v) is 6.46. The number of nitriles is 1. The molecule has 3 aliphatic rings. The Hall–Kier alpha value is -2.11. The molecule has 1 aromatic heterocycles. The third kappa shape index (κ3) is 4.13. The minimum Gasteiger partial charge on any atom is -0.357 e. The van der Waals surface area contributed by atoms with Crippen LogP contribution in [0.1, 0.15) is 68.6 Å². The van der Waals surface area contributed by atoms with Gasteiger partial charge in [0.2, 0.25) is 0 Å². The van der Waals surface area contributed by atoms with Crippen molar-refractivity contribution in [1.82, 2.24) is 9.47 Å². The van der Waals surface area contributed by atoms with Crippen molar-refractivity contribution in [2.75, 3.05) is 18.0 Å². The van der Waals surface area contributed by atoms with Gasteiger partial charge in [0.05, 0.1) is 4.91 Å². The first-order valence-electron chi connectivity index (χ1n) is 11.5. The second-order valence-electron chi connectivity index (χ2n) is 9.23. The van der Waals surface area contributed by atoms with Crippen LogP contribution in [-0.2, 0) is 11.8 Å². The van der Waals surface area contributed by atoms with E-state index in [0.29, 0.717) is 20.7 Å². The molecule has 0 radical (unpaired) electrons. The minimum absolute atomic E-state index is 0.0446. The fourth-order valence-electron chi connectivity index (χ4n) is 5.08. The Morgan fingerprint density at radius 3 is 2.41 bits per heavy atom. The normalized spacial score (nSPS) is 22.1. The number of nitrogens with zero attached hydrogens (tertiary/aromatic N) is 4. The van der Waals surface area contributed by atoms with E-state index in [-0.39, 0.29) is 23.1 Å². The van der Waals surface area contributed by atoms with E-state index in [1.165, 1.54) is 18.2 Å². The summed E-state index contributed by atoms with van der Waals surface area (Å²) in [6, 6.07) is 2.26. The van der Waals surface area contributed by atoms with E-state index in [2.05, 4.69) is 17.9 Å². The molecule has 8 heteroatoms. The lowest BCUT2D eigenvalue weighted by Crippen LogP contribution is -2.39. The highest BCUT2D eigenvalue weighted by atomic mass is 32.2. The monoisotopic (exact) mass is 470 g/mol. The van der Waals surface area contributed by atoms with Crippen LogP contribution in [0.25, 0.3) is 6.08 Å². The smallest absolute Gasteiger partial charge is 0.270 e. The molecule has 0 aromatic carbocycles. The number of hydrogen-bond acceptors (Lipinski definition) is 6. The van der Waals surface area contributed by atoms with Crippen LogP contribution in [0.4, 0.5) is 5.82 Å². The van der Waals surface area contributed by atoms with Crippen LogP contribution in [0, 0.1) is 24.2 Å². The van der Waals surface area contributed by atoms with E-state index in [9.17, 15) is 14.9 Å². The molecule has 3 fully saturated rings. The number of rotatable bonds is 3. The van der Waals surface area contributed by atoms with E-state index >= 15 is 0 Å². The Labute approximate surface area is 199 Å². The van der Waals surface area contributed by atoms with Crippen LogP contribution in [0.15, 0.2) is 9.70 Å². The lowest BCUT2D eigenvalue weighted by atomic mass is 9.94. The van der Waals surface area contributed by atoms with Gasteiger partial charge >= 0.3 is 0 Å². The summed E-state index contributed by atoms with van der Waals surface area (Å²) in [5, 5.41) is 9.65. The Morgan fingerprint density at radius 1 is 1.12 bits per heavy atom. The van der Waals surface area contributed by atoms with Gasteiger partial charge in [0.25, 0.3) is 11.5 Å².